The molecule has 2 radical (unpaired) electrons. The molecule has 0 bridgehead atoms. The summed E-state index contributed by atoms with van der Waals surface area (Å²) in [6.45, 7) is 0. The van der Waals surface area contributed by atoms with Crippen molar-refractivity contribution in [2.24, 2.45) is 0 Å². The smallest absolute Gasteiger partial charge is 0.356 e. The number of nitrogens with zero attached hydrogens (tertiary/aromatic N) is 2. The zero-order valence-corrected chi connectivity index (χ0v) is 13.6. The van der Waals surface area contributed by atoms with E-state index >= 15 is 0 Å². The molecule has 0 saturated heterocycles. The van der Waals surface area contributed by atoms with E-state index in [0.717, 1.165) is 0 Å². The number of rotatable bonds is 2. The Morgan fingerprint density at radius 2 is 1.18 bits per heavy atom. The molecule has 122 valence electrons. The van der Waals surface area contributed by atoms with Crippen molar-refractivity contribution in [1.82, 2.24) is 9.97 Å². The monoisotopic (exact) mass is 486 g/mol. The van der Waals surface area contributed by atoms with Crippen LogP contribution in [0.5, 0.6) is 0 Å². The molecule has 2 rings (SSSR count). The number of hydrogen-bond acceptors (Lipinski definition) is 7. The molecule has 2 aromatic heterocycles. The van der Waals surface area contributed by atoms with Crippen LogP contribution in [0, 0.1) is 0 Å². The van der Waals surface area contributed by atoms with Crippen LogP contribution in [0.25, 0.3) is 0 Å². The van der Waals surface area contributed by atoms with E-state index in [2.05, 4.69) is 19.4 Å². The minimum Gasteiger partial charge on any atom is -0.356 e. The quantitative estimate of drug-likeness (QED) is 0.361. The van der Waals surface area contributed by atoms with Crippen LogP contribution in [0.1, 0.15) is 20.7 Å². The van der Waals surface area contributed by atoms with Gasteiger partial charge in [-0.1, -0.05) is 0 Å². The first-order chi connectivity index (χ1) is 9.66. The van der Waals surface area contributed by atoms with Gasteiger partial charge >= 0.3 is 18.1 Å². The summed E-state index contributed by atoms with van der Waals surface area (Å²) in [6.07, 6.45) is 3.95. The van der Waals surface area contributed by atoms with Gasteiger partial charge in [0.2, 0.25) is 0 Å². The molecule has 0 saturated carbocycles. The average Bonchev–Trinajstić information content (AvgIpc) is 2.49. The van der Waals surface area contributed by atoms with Gasteiger partial charge in [-0.2, -0.15) is 0 Å². The fraction of sp³-hybridized carbons (Fsp3) is 0. The van der Waals surface area contributed by atoms with E-state index in [9.17, 15) is 14.4 Å². The fourth-order valence-electron chi connectivity index (χ4n) is 1.26. The number of carbonyl (C=O) groups is 3. The van der Waals surface area contributed by atoms with Crippen LogP contribution in [-0.4, -0.2) is 28.1 Å². The standard InChI is InChI=1S/C13H8N2O5.2Ag/c16-11(9-3-1-5-14-7-9)19-13(18)20-12(17)10-4-2-6-15-8-10;;/h1-8H;;. The largest absolute Gasteiger partial charge is 0.524 e. The third kappa shape index (κ3) is 6.02. The summed E-state index contributed by atoms with van der Waals surface area (Å²) >= 11 is 0. The Balaban J connectivity index is 0.00000220. The Hall–Kier alpha value is -1.61. The molecule has 0 atom stereocenters. The first-order valence-corrected chi connectivity index (χ1v) is 5.45. The topological polar surface area (TPSA) is 95.5 Å². The second-order valence-electron chi connectivity index (χ2n) is 3.51. The van der Waals surface area contributed by atoms with Gasteiger partial charge in [0.15, 0.2) is 0 Å². The van der Waals surface area contributed by atoms with Gasteiger partial charge < -0.3 is 9.47 Å². The maximum absolute atomic E-state index is 11.5. The summed E-state index contributed by atoms with van der Waals surface area (Å²) in [6, 6.07) is 5.82. The van der Waals surface area contributed by atoms with Gasteiger partial charge in [0.25, 0.3) is 0 Å². The molecule has 0 unspecified atom stereocenters. The minimum atomic E-state index is -1.41. The van der Waals surface area contributed by atoms with Crippen LogP contribution in [0.2, 0.25) is 0 Å². The number of hydrogen-bond donors (Lipinski definition) is 0. The van der Waals surface area contributed by atoms with Gasteiger partial charge in [-0.3, -0.25) is 9.97 Å². The SMILES string of the molecule is O=C(OC(=O)c1cccnc1)OC(=O)c1cccnc1.[Ag].[Ag]. The van der Waals surface area contributed by atoms with Gasteiger partial charge in [-0.15, -0.1) is 0 Å². The average molecular weight is 488 g/mol. The molecule has 0 spiro atoms. The number of aromatic nitrogens is 2. The molecular formula is C13H8Ag2N2O5. The summed E-state index contributed by atoms with van der Waals surface area (Å²) in [4.78, 5) is 41.6. The zero-order valence-electron chi connectivity index (χ0n) is 10.7. The number of carbonyl (C=O) groups excluding carboxylic acids is 3. The second-order valence-corrected chi connectivity index (χ2v) is 3.51. The van der Waals surface area contributed by atoms with E-state index in [1.807, 2.05) is 0 Å². The molecule has 0 aromatic carbocycles. The minimum absolute atomic E-state index is 0. The van der Waals surface area contributed by atoms with Crippen LogP contribution >= 0.6 is 0 Å². The molecule has 0 aliphatic heterocycles. The first-order valence-electron chi connectivity index (χ1n) is 5.45. The van der Waals surface area contributed by atoms with Crippen molar-refractivity contribution in [3.63, 3.8) is 0 Å². The molecule has 9 heteroatoms. The van der Waals surface area contributed by atoms with E-state index in [0.29, 0.717) is 0 Å². The van der Waals surface area contributed by atoms with Crippen LogP contribution in [0.15, 0.2) is 49.1 Å². The Morgan fingerprint density at radius 1 is 0.773 bits per heavy atom. The van der Waals surface area contributed by atoms with Gasteiger partial charge in [-0.25, -0.2) is 14.4 Å². The number of ether oxygens (including phenoxy) is 2. The van der Waals surface area contributed by atoms with Crippen molar-refractivity contribution in [3.05, 3.63) is 60.2 Å². The summed E-state index contributed by atoms with van der Waals surface area (Å²) in [5.41, 5.74) is 0.136. The van der Waals surface area contributed by atoms with Gasteiger partial charge in [0.1, 0.15) is 0 Å². The van der Waals surface area contributed by atoms with E-state index in [-0.39, 0.29) is 55.9 Å². The molecular weight excluding hydrogens is 480 g/mol. The van der Waals surface area contributed by atoms with Crippen molar-refractivity contribution in [3.8, 4) is 0 Å². The summed E-state index contributed by atoms with van der Waals surface area (Å²) in [5.74, 6) is -1.91. The molecule has 0 N–H and O–H groups in total. The Morgan fingerprint density at radius 3 is 1.50 bits per heavy atom. The summed E-state index contributed by atoms with van der Waals surface area (Å²) < 4.78 is 8.69. The fourth-order valence-corrected chi connectivity index (χ4v) is 1.26. The van der Waals surface area contributed by atoms with E-state index in [4.69, 9.17) is 0 Å². The van der Waals surface area contributed by atoms with Crippen molar-refractivity contribution in [2.75, 3.05) is 0 Å². The van der Waals surface area contributed by atoms with E-state index in [1.165, 1.54) is 49.1 Å². The molecule has 7 nitrogen and oxygen atoms in total. The maximum atomic E-state index is 11.5. The number of esters is 2. The van der Waals surface area contributed by atoms with E-state index in [1.54, 1.807) is 0 Å². The Bertz CT molecular complexity index is 582. The molecule has 0 aliphatic carbocycles. The van der Waals surface area contributed by atoms with Crippen molar-refractivity contribution in [1.29, 1.82) is 0 Å². The zero-order chi connectivity index (χ0) is 14.4. The van der Waals surface area contributed by atoms with Gasteiger partial charge in [0, 0.05) is 69.5 Å². The second kappa shape index (κ2) is 10.2. The van der Waals surface area contributed by atoms with E-state index < -0.39 is 18.1 Å². The summed E-state index contributed by atoms with van der Waals surface area (Å²) in [5, 5.41) is 0. The molecule has 2 heterocycles. The molecule has 0 amide bonds. The van der Waals surface area contributed by atoms with Crippen molar-refractivity contribution in [2.45, 2.75) is 0 Å². The third-order valence-corrected chi connectivity index (χ3v) is 2.15. The predicted molar refractivity (Wildman–Crippen MR) is 64.7 cm³/mol. The normalized spacial score (nSPS) is 8.73. The van der Waals surface area contributed by atoms with Crippen LogP contribution in [-0.2, 0) is 54.2 Å². The van der Waals surface area contributed by atoms with Crippen molar-refractivity contribution < 1.29 is 68.6 Å². The van der Waals surface area contributed by atoms with Gasteiger partial charge in [-0.05, 0) is 24.3 Å². The number of pyridine rings is 2. The van der Waals surface area contributed by atoms with Crippen LogP contribution < -0.4 is 0 Å². The molecule has 0 fully saturated rings. The first kappa shape index (κ1) is 20.4. The van der Waals surface area contributed by atoms with Crippen LogP contribution in [0.3, 0.4) is 0 Å². The van der Waals surface area contributed by atoms with Crippen LogP contribution in [0.4, 0.5) is 4.79 Å². The van der Waals surface area contributed by atoms with Gasteiger partial charge in [0.05, 0.1) is 11.1 Å². The Kier molecular flexibility index (Phi) is 9.43. The summed E-state index contributed by atoms with van der Waals surface area (Å²) in [7, 11) is 0. The molecule has 22 heavy (non-hydrogen) atoms. The maximum Gasteiger partial charge on any atom is 0.524 e. The predicted octanol–water partition coefficient (Wildman–Crippen LogP) is 1.61. The molecule has 2 aromatic rings. The van der Waals surface area contributed by atoms with Crippen molar-refractivity contribution >= 4 is 18.1 Å². The molecule has 0 aliphatic rings. The Labute approximate surface area is 156 Å². The third-order valence-electron chi connectivity index (χ3n) is 2.15.